The van der Waals surface area contributed by atoms with Crippen LogP contribution in [0, 0.1) is 12.3 Å². The predicted octanol–water partition coefficient (Wildman–Crippen LogP) is 1.17. The zero-order chi connectivity index (χ0) is 13.6. The second-order valence-corrected chi connectivity index (χ2v) is 4.11. The van der Waals surface area contributed by atoms with Gasteiger partial charge in [-0.2, -0.15) is 0 Å². The summed E-state index contributed by atoms with van der Waals surface area (Å²) in [6.07, 6.45) is 6.60. The maximum absolute atomic E-state index is 12.2. The van der Waals surface area contributed by atoms with Crippen molar-refractivity contribution in [2.24, 2.45) is 0 Å². The summed E-state index contributed by atoms with van der Waals surface area (Å²) >= 11 is 0. The van der Waals surface area contributed by atoms with E-state index in [0.29, 0.717) is 16.5 Å². The van der Waals surface area contributed by atoms with Gasteiger partial charge in [0.15, 0.2) is 0 Å². The molecule has 0 saturated heterocycles. The molecule has 0 saturated carbocycles. The Balaban J connectivity index is 2.39. The van der Waals surface area contributed by atoms with Crippen LogP contribution < -0.4 is 0 Å². The van der Waals surface area contributed by atoms with Crippen LogP contribution in [0.3, 0.4) is 0 Å². The Labute approximate surface area is 108 Å². The summed E-state index contributed by atoms with van der Waals surface area (Å²) in [5, 5.41) is 10.1. The van der Waals surface area contributed by atoms with Crippen LogP contribution in [0.15, 0.2) is 24.4 Å². The monoisotopic (exact) mass is 252 g/mol. The number of phenols is 1. The number of pyridine rings is 1. The minimum Gasteiger partial charge on any atom is -0.506 e. The average molecular weight is 252 g/mol. The molecule has 5 nitrogen and oxygen atoms in total. The quantitative estimate of drug-likeness (QED) is 0.611. The molecule has 1 N–H and O–H groups in total. The van der Waals surface area contributed by atoms with Crippen molar-refractivity contribution in [3.63, 3.8) is 0 Å². The lowest BCUT2D eigenvalue weighted by Gasteiger charge is -2.25. The Morgan fingerprint density at radius 2 is 1.89 bits per heavy atom. The fourth-order valence-electron chi connectivity index (χ4n) is 2.23. The van der Waals surface area contributed by atoms with Crippen molar-refractivity contribution in [3.8, 4) is 18.1 Å². The number of nitrogens with zero attached hydrogens (tertiary/aromatic N) is 2. The van der Waals surface area contributed by atoms with Crippen molar-refractivity contribution in [2.45, 2.75) is 0 Å². The molecule has 1 aromatic carbocycles. The van der Waals surface area contributed by atoms with Crippen LogP contribution in [0.2, 0.25) is 0 Å². The number of aromatic nitrogens is 1. The van der Waals surface area contributed by atoms with Crippen molar-refractivity contribution in [3.05, 3.63) is 35.5 Å². The molecule has 1 aliphatic heterocycles. The molecule has 2 amide bonds. The number of hydrogen-bond acceptors (Lipinski definition) is 4. The Hall–Kier alpha value is -2.87. The highest BCUT2D eigenvalue weighted by molar-refractivity contribution is 6.25. The van der Waals surface area contributed by atoms with Gasteiger partial charge in [0.25, 0.3) is 11.8 Å². The highest BCUT2D eigenvalue weighted by Gasteiger charge is 2.33. The SMILES string of the molecule is C#CCN1C(=O)c2ccnc3c(O)ccc(c23)C1=O. The Morgan fingerprint density at radius 1 is 1.21 bits per heavy atom. The number of hydrogen-bond donors (Lipinski definition) is 1. The van der Waals surface area contributed by atoms with Gasteiger partial charge in [-0.15, -0.1) is 6.42 Å². The minimum atomic E-state index is -0.464. The van der Waals surface area contributed by atoms with E-state index in [1.54, 1.807) is 0 Å². The number of carbonyl (C=O) groups is 2. The van der Waals surface area contributed by atoms with Gasteiger partial charge in [0.2, 0.25) is 0 Å². The lowest BCUT2D eigenvalue weighted by atomic mass is 9.96. The summed E-state index contributed by atoms with van der Waals surface area (Å²) in [6, 6.07) is 4.38. The normalized spacial score (nSPS) is 13.7. The van der Waals surface area contributed by atoms with Crippen LogP contribution in [0.4, 0.5) is 0 Å². The van der Waals surface area contributed by atoms with Gasteiger partial charge in [-0.05, 0) is 18.2 Å². The van der Waals surface area contributed by atoms with Crippen molar-refractivity contribution in [1.82, 2.24) is 9.88 Å². The molecule has 1 aromatic heterocycles. The maximum atomic E-state index is 12.2. The molecular weight excluding hydrogens is 244 g/mol. The van der Waals surface area contributed by atoms with E-state index in [2.05, 4.69) is 10.9 Å². The largest absolute Gasteiger partial charge is 0.506 e. The second kappa shape index (κ2) is 3.82. The minimum absolute atomic E-state index is 0.0633. The van der Waals surface area contributed by atoms with Gasteiger partial charge >= 0.3 is 0 Å². The average Bonchev–Trinajstić information content (AvgIpc) is 2.42. The van der Waals surface area contributed by atoms with Gasteiger partial charge in [0.1, 0.15) is 11.3 Å². The highest BCUT2D eigenvalue weighted by Crippen LogP contribution is 2.33. The number of rotatable bonds is 1. The molecule has 0 spiro atoms. The molecule has 0 unspecified atom stereocenters. The molecule has 0 aliphatic carbocycles. The summed E-state index contributed by atoms with van der Waals surface area (Å²) < 4.78 is 0. The van der Waals surface area contributed by atoms with Gasteiger partial charge in [0, 0.05) is 11.6 Å². The molecule has 5 heteroatoms. The summed E-state index contributed by atoms with van der Waals surface area (Å²) in [4.78, 5) is 29.4. The highest BCUT2D eigenvalue weighted by atomic mass is 16.3. The van der Waals surface area contributed by atoms with Gasteiger partial charge in [-0.25, -0.2) is 0 Å². The van der Waals surface area contributed by atoms with E-state index in [4.69, 9.17) is 6.42 Å². The Bertz CT molecular complexity index is 752. The van der Waals surface area contributed by atoms with Gasteiger partial charge < -0.3 is 5.11 Å². The topological polar surface area (TPSA) is 70.5 Å². The van der Waals surface area contributed by atoms with E-state index < -0.39 is 11.8 Å². The first kappa shape index (κ1) is 11.2. The van der Waals surface area contributed by atoms with Gasteiger partial charge in [0.05, 0.1) is 17.7 Å². The van der Waals surface area contributed by atoms with Crippen LogP contribution in [-0.2, 0) is 0 Å². The molecule has 3 rings (SSSR count). The van der Waals surface area contributed by atoms with Crippen LogP contribution in [-0.4, -0.2) is 33.3 Å². The van der Waals surface area contributed by atoms with E-state index in [9.17, 15) is 14.7 Å². The number of amides is 2. The molecule has 0 atom stereocenters. The number of carbonyl (C=O) groups excluding carboxylic acids is 2. The predicted molar refractivity (Wildman–Crippen MR) is 67.6 cm³/mol. The molecule has 92 valence electrons. The summed E-state index contributed by atoms with van der Waals surface area (Å²) in [5.41, 5.74) is 0.897. The summed E-state index contributed by atoms with van der Waals surface area (Å²) in [5.74, 6) is 1.30. The third-order valence-corrected chi connectivity index (χ3v) is 3.07. The summed E-state index contributed by atoms with van der Waals surface area (Å²) in [7, 11) is 0. The summed E-state index contributed by atoms with van der Waals surface area (Å²) in [6.45, 7) is -0.0815. The number of imide groups is 1. The number of aromatic hydroxyl groups is 1. The van der Waals surface area contributed by atoms with Crippen molar-refractivity contribution >= 4 is 22.7 Å². The first-order chi connectivity index (χ1) is 9.15. The van der Waals surface area contributed by atoms with Crippen LogP contribution in [0.25, 0.3) is 10.9 Å². The Morgan fingerprint density at radius 3 is 2.58 bits per heavy atom. The molecule has 2 heterocycles. The second-order valence-electron chi connectivity index (χ2n) is 4.11. The molecule has 19 heavy (non-hydrogen) atoms. The van der Waals surface area contributed by atoms with E-state index >= 15 is 0 Å². The number of terminal acetylenes is 1. The lowest BCUT2D eigenvalue weighted by Crippen LogP contribution is -2.40. The van der Waals surface area contributed by atoms with Crippen molar-refractivity contribution < 1.29 is 14.7 Å². The fraction of sp³-hybridized carbons (Fsp3) is 0.0714. The van der Waals surface area contributed by atoms with Gasteiger partial charge in [-0.1, -0.05) is 5.92 Å². The number of benzene rings is 1. The van der Waals surface area contributed by atoms with E-state index in [1.807, 2.05) is 0 Å². The zero-order valence-corrected chi connectivity index (χ0v) is 9.75. The van der Waals surface area contributed by atoms with Crippen molar-refractivity contribution in [2.75, 3.05) is 6.54 Å². The first-order valence-corrected chi connectivity index (χ1v) is 5.55. The number of phenolic OH excluding ortho intramolecular Hbond substituents is 1. The molecule has 2 aromatic rings. The molecule has 0 radical (unpaired) electrons. The molecule has 0 bridgehead atoms. The molecule has 1 aliphatic rings. The third kappa shape index (κ3) is 1.40. The molecule has 0 fully saturated rings. The van der Waals surface area contributed by atoms with Gasteiger partial charge in [-0.3, -0.25) is 19.5 Å². The van der Waals surface area contributed by atoms with E-state index in [-0.39, 0.29) is 17.8 Å². The van der Waals surface area contributed by atoms with Crippen LogP contribution >= 0.6 is 0 Å². The Kier molecular flexibility index (Phi) is 2.26. The van der Waals surface area contributed by atoms with Crippen LogP contribution in [0.5, 0.6) is 5.75 Å². The molecular formula is C14H8N2O3. The van der Waals surface area contributed by atoms with E-state index in [0.717, 1.165) is 4.90 Å². The fourth-order valence-corrected chi connectivity index (χ4v) is 2.23. The zero-order valence-electron chi connectivity index (χ0n) is 9.75. The van der Waals surface area contributed by atoms with E-state index in [1.165, 1.54) is 24.4 Å². The standard InChI is InChI=1S/C14H8N2O3/c1-2-7-16-13(18)8-3-4-10(17)12-11(8)9(14(16)19)5-6-15-12/h1,3-6,17H,7H2. The van der Waals surface area contributed by atoms with Crippen LogP contribution in [0.1, 0.15) is 20.7 Å². The maximum Gasteiger partial charge on any atom is 0.262 e. The lowest BCUT2D eigenvalue weighted by molar-refractivity contribution is 0.0632. The third-order valence-electron chi connectivity index (χ3n) is 3.07. The van der Waals surface area contributed by atoms with Crippen molar-refractivity contribution in [1.29, 1.82) is 0 Å². The smallest absolute Gasteiger partial charge is 0.262 e. The first-order valence-electron chi connectivity index (χ1n) is 5.55.